The molecule has 0 bridgehead atoms. The third-order valence-electron chi connectivity index (χ3n) is 2.79. The number of rotatable bonds is 2. The first kappa shape index (κ1) is 11.4. The molecule has 16 heavy (non-hydrogen) atoms. The molecule has 2 rings (SSSR count). The Kier molecular flexibility index (Phi) is 2.90. The lowest BCUT2D eigenvalue weighted by Gasteiger charge is -2.17. The Hall–Kier alpha value is -1.07. The van der Waals surface area contributed by atoms with Gasteiger partial charge in [-0.15, -0.1) is 0 Å². The number of nitrogens with zero attached hydrogens (tertiary/aromatic N) is 1. The molecule has 0 unspecified atom stereocenters. The number of aliphatic hydroxyl groups is 1. The minimum absolute atomic E-state index is 0.269. The Morgan fingerprint density at radius 2 is 1.94 bits per heavy atom. The van der Waals surface area contributed by atoms with E-state index >= 15 is 0 Å². The van der Waals surface area contributed by atoms with E-state index in [4.69, 9.17) is 0 Å². The minimum atomic E-state index is -3.12. The summed E-state index contributed by atoms with van der Waals surface area (Å²) < 4.78 is 22.5. The molecule has 0 saturated carbocycles. The summed E-state index contributed by atoms with van der Waals surface area (Å²) in [6.45, 7) is 1.44. The summed E-state index contributed by atoms with van der Waals surface area (Å²) in [6.07, 6.45) is 1.70. The normalized spacial score (nSPS) is 21.4. The van der Waals surface area contributed by atoms with Gasteiger partial charge in [0.1, 0.15) is 0 Å². The third kappa shape index (κ3) is 2.36. The fourth-order valence-electron chi connectivity index (χ4n) is 1.88. The minimum Gasteiger partial charge on any atom is -0.391 e. The molecule has 1 aromatic rings. The van der Waals surface area contributed by atoms with Crippen LogP contribution in [0, 0.1) is 0 Å². The number of hydrogen-bond donors (Lipinski definition) is 1. The van der Waals surface area contributed by atoms with Crippen LogP contribution in [0.3, 0.4) is 0 Å². The molecule has 0 aromatic heterocycles. The average Bonchev–Trinajstić information content (AvgIpc) is 2.64. The number of β-amino-alcohol motifs (C(OH)–C–C–N with tert-alkyl or cyclic N) is 1. The Labute approximate surface area is 95.4 Å². The van der Waals surface area contributed by atoms with Crippen molar-refractivity contribution in [2.75, 3.05) is 24.2 Å². The van der Waals surface area contributed by atoms with Gasteiger partial charge in [-0.25, -0.2) is 8.42 Å². The van der Waals surface area contributed by atoms with Crippen LogP contribution in [0.2, 0.25) is 0 Å². The van der Waals surface area contributed by atoms with E-state index in [9.17, 15) is 13.5 Å². The Morgan fingerprint density at radius 3 is 2.38 bits per heavy atom. The molecule has 1 atom stereocenters. The number of sulfone groups is 1. The van der Waals surface area contributed by atoms with Gasteiger partial charge in [0.2, 0.25) is 0 Å². The van der Waals surface area contributed by atoms with Gasteiger partial charge in [-0.05, 0) is 30.7 Å². The molecule has 5 heteroatoms. The highest BCUT2D eigenvalue weighted by atomic mass is 32.2. The zero-order chi connectivity index (χ0) is 11.8. The fourth-order valence-corrected chi connectivity index (χ4v) is 2.51. The van der Waals surface area contributed by atoms with Gasteiger partial charge < -0.3 is 10.0 Å². The molecule has 0 spiro atoms. The molecule has 4 nitrogen and oxygen atoms in total. The highest BCUT2D eigenvalue weighted by molar-refractivity contribution is 7.90. The van der Waals surface area contributed by atoms with Gasteiger partial charge in [-0.3, -0.25) is 0 Å². The lowest BCUT2D eigenvalue weighted by atomic mass is 10.3. The summed E-state index contributed by atoms with van der Waals surface area (Å²) in [7, 11) is -3.12. The summed E-state index contributed by atoms with van der Waals surface area (Å²) >= 11 is 0. The molecule has 0 radical (unpaired) electrons. The predicted molar refractivity (Wildman–Crippen MR) is 62.4 cm³/mol. The molecule has 1 aliphatic heterocycles. The van der Waals surface area contributed by atoms with Crippen LogP contribution in [-0.2, 0) is 9.84 Å². The summed E-state index contributed by atoms with van der Waals surface area (Å²) in [4.78, 5) is 2.38. The van der Waals surface area contributed by atoms with E-state index in [0.717, 1.165) is 18.7 Å². The van der Waals surface area contributed by atoms with Gasteiger partial charge >= 0.3 is 0 Å². The van der Waals surface area contributed by atoms with Crippen molar-refractivity contribution in [1.82, 2.24) is 0 Å². The first-order chi connectivity index (χ1) is 7.47. The smallest absolute Gasteiger partial charge is 0.175 e. The van der Waals surface area contributed by atoms with Crippen molar-refractivity contribution in [3.8, 4) is 0 Å². The zero-order valence-corrected chi connectivity index (χ0v) is 9.94. The Balaban J connectivity index is 2.20. The predicted octanol–water partition coefficient (Wildman–Crippen LogP) is 0.661. The number of anilines is 1. The lowest BCUT2D eigenvalue weighted by Crippen LogP contribution is -2.20. The van der Waals surface area contributed by atoms with Crippen molar-refractivity contribution in [2.45, 2.75) is 17.4 Å². The molecule has 1 saturated heterocycles. The molecular formula is C11H15NO3S. The molecular weight excluding hydrogens is 226 g/mol. The van der Waals surface area contributed by atoms with Crippen LogP contribution >= 0.6 is 0 Å². The highest BCUT2D eigenvalue weighted by Crippen LogP contribution is 2.22. The second-order valence-corrected chi connectivity index (χ2v) is 6.17. The first-order valence-electron chi connectivity index (χ1n) is 5.20. The van der Waals surface area contributed by atoms with Crippen LogP contribution in [0.5, 0.6) is 0 Å². The van der Waals surface area contributed by atoms with Gasteiger partial charge in [0, 0.05) is 25.0 Å². The monoisotopic (exact) mass is 241 g/mol. The largest absolute Gasteiger partial charge is 0.391 e. The summed E-state index contributed by atoms with van der Waals surface area (Å²) in [6, 6.07) is 6.79. The maximum atomic E-state index is 11.3. The van der Waals surface area contributed by atoms with Crippen molar-refractivity contribution >= 4 is 15.5 Å². The van der Waals surface area contributed by atoms with E-state index in [1.807, 2.05) is 0 Å². The van der Waals surface area contributed by atoms with Crippen LogP contribution in [0.1, 0.15) is 6.42 Å². The Bertz CT molecular complexity index is 467. The van der Waals surface area contributed by atoms with Crippen LogP contribution < -0.4 is 4.90 Å². The topological polar surface area (TPSA) is 57.6 Å². The molecule has 0 aliphatic carbocycles. The molecule has 1 fully saturated rings. The molecule has 1 N–H and O–H groups in total. The number of hydrogen-bond acceptors (Lipinski definition) is 4. The number of benzene rings is 1. The fraction of sp³-hybridized carbons (Fsp3) is 0.455. The lowest BCUT2D eigenvalue weighted by molar-refractivity contribution is 0.198. The zero-order valence-electron chi connectivity index (χ0n) is 9.13. The van der Waals surface area contributed by atoms with Gasteiger partial charge in [-0.1, -0.05) is 0 Å². The van der Waals surface area contributed by atoms with Gasteiger partial charge in [0.25, 0.3) is 0 Å². The van der Waals surface area contributed by atoms with E-state index in [0.29, 0.717) is 11.4 Å². The van der Waals surface area contributed by atoms with E-state index in [1.165, 1.54) is 6.26 Å². The first-order valence-corrected chi connectivity index (χ1v) is 7.09. The van der Waals surface area contributed by atoms with Gasteiger partial charge in [0.15, 0.2) is 9.84 Å². The Morgan fingerprint density at radius 1 is 1.31 bits per heavy atom. The second kappa shape index (κ2) is 4.07. The van der Waals surface area contributed by atoms with E-state index < -0.39 is 9.84 Å². The molecule has 1 aliphatic rings. The van der Waals surface area contributed by atoms with Crippen LogP contribution in [-0.4, -0.2) is 39.0 Å². The number of aliphatic hydroxyl groups excluding tert-OH is 1. The van der Waals surface area contributed by atoms with Crippen LogP contribution in [0.4, 0.5) is 5.69 Å². The average molecular weight is 241 g/mol. The maximum Gasteiger partial charge on any atom is 0.175 e. The van der Waals surface area contributed by atoms with Crippen molar-refractivity contribution in [3.05, 3.63) is 24.3 Å². The maximum absolute atomic E-state index is 11.3. The molecule has 1 aromatic carbocycles. The van der Waals surface area contributed by atoms with Gasteiger partial charge in [-0.2, -0.15) is 0 Å². The summed E-state index contributed by atoms with van der Waals surface area (Å²) in [5.41, 5.74) is 0.962. The standard InChI is InChI=1S/C11H15NO3S/c1-16(14,15)11-4-2-9(3-5-11)12-7-6-10(13)8-12/h2-5,10,13H,6-8H2,1H3/t10-/m1/s1. The summed E-state index contributed by atoms with van der Waals surface area (Å²) in [5.74, 6) is 0. The molecule has 0 amide bonds. The van der Waals surface area contributed by atoms with Crippen LogP contribution in [0.15, 0.2) is 29.2 Å². The summed E-state index contributed by atoms with van der Waals surface area (Å²) in [5, 5.41) is 9.41. The van der Waals surface area contributed by atoms with Crippen molar-refractivity contribution in [3.63, 3.8) is 0 Å². The molecule has 1 heterocycles. The van der Waals surface area contributed by atoms with E-state index in [2.05, 4.69) is 4.90 Å². The van der Waals surface area contributed by atoms with E-state index in [-0.39, 0.29) is 6.10 Å². The van der Waals surface area contributed by atoms with Crippen molar-refractivity contribution in [1.29, 1.82) is 0 Å². The quantitative estimate of drug-likeness (QED) is 0.826. The SMILES string of the molecule is CS(=O)(=O)c1ccc(N2CC[C@@H](O)C2)cc1. The highest BCUT2D eigenvalue weighted by Gasteiger charge is 2.20. The van der Waals surface area contributed by atoms with Crippen LogP contribution in [0.25, 0.3) is 0 Å². The van der Waals surface area contributed by atoms with Crippen molar-refractivity contribution < 1.29 is 13.5 Å². The molecule has 88 valence electrons. The van der Waals surface area contributed by atoms with E-state index in [1.54, 1.807) is 24.3 Å². The van der Waals surface area contributed by atoms with Gasteiger partial charge in [0.05, 0.1) is 11.0 Å². The third-order valence-corrected chi connectivity index (χ3v) is 3.92. The second-order valence-electron chi connectivity index (χ2n) is 4.15. The van der Waals surface area contributed by atoms with Crippen molar-refractivity contribution in [2.24, 2.45) is 0 Å².